The van der Waals surface area contributed by atoms with Crippen molar-refractivity contribution in [3.05, 3.63) is 17.0 Å². The van der Waals surface area contributed by atoms with E-state index in [1.807, 2.05) is 31.7 Å². The first-order valence-electron chi connectivity index (χ1n) is 9.16. The molecule has 6 nitrogen and oxygen atoms in total. The van der Waals surface area contributed by atoms with Gasteiger partial charge in [-0.1, -0.05) is 13.8 Å². The molecule has 1 atom stereocenters. The Labute approximate surface area is 189 Å². The molecule has 0 amide bonds. The van der Waals surface area contributed by atoms with Crippen molar-refractivity contribution in [2.24, 2.45) is 4.99 Å². The summed E-state index contributed by atoms with van der Waals surface area (Å²) >= 11 is 3.38. The Bertz CT molecular complexity index is 684. The second-order valence-corrected chi connectivity index (χ2v) is 10.8. The van der Waals surface area contributed by atoms with Gasteiger partial charge in [-0.25, -0.2) is 8.42 Å². The third-order valence-electron chi connectivity index (χ3n) is 4.35. The Morgan fingerprint density at radius 3 is 2.63 bits per heavy atom. The zero-order valence-electron chi connectivity index (χ0n) is 16.2. The predicted octanol–water partition coefficient (Wildman–Crippen LogP) is 3.00. The maximum atomic E-state index is 12.5. The number of hydrogen-bond donors (Lipinski definition) is 2. The summed E-state index contributed by atoms with van der Waals surface area (Å²) < 4.78 is 27.0. The van der Waals surface area contributed by atoms with Gasteiger partial charge in [0.15, 0.2) is 5.96 Å². The van der Waals surface area contributed by atoms with Gasteiger partial charge in [0.2, 0.25) is 0 Å². The van der Waals surface area contributed by atoms with Gasteiger partial charge in [0.25, 0.3) is 10.0 Å². The number of guanidine groups is 1. The summed E-state index contributed by atoms with van der Waals surface area (Å²) in [6, 6.07) is 3.63. The van der Waals surface area contributed by atoms with Gasteiger partial charge in [0.1, 0.15) is 4.21 Å². The molecule has 0 bridgehead atoms. The lowest BCUT2D eigenvalue weighted by molar-refractivity contribution is 0.447. The molecule has 156 valence electrons. The van der Waals surface area contributed by atoms with Crippen molar-refractivity contribution in [2.75, 3.05) is 39.0 Å². The van der Waals surface area contributed by atoms with Crippen LogP contribution >= 0.6 is 47.1 Å². The summed E-state index contributed by atoms with van der Waals surface area (Å²) in [6.45, 7) is 6.38. The van der Waals surface area contributed by atoms with Gasteiger partial charge < -0.3 is 10.6 Å². The monoisotopic (exact) mass is 546 g/mol. The first-order chi connectivity index (χ1) is 12.5. The highest BCUT2D eigenvalue weighted by atomic mass is 127. The minimum Gasteiger partial charge on any atom is -0.356 e. The van der Waals surface area contributed by atoms with Crippen LogP contribution in [-0.4, -0.2) is 62.9 Å². The molecule has 2 N–H and O–H groups in total. The number of sulfonamides is 1. The van der Waals surface area contributed by atoms with Crippen molar-refractivity contribution in [3.63, 3.8) is 0 Å². The first kappa shape index (κ1) is 25.0. The molecular weight excluding hydrogens is 515 g/mol. The Balaban J connectivity index is 0.00000364. The van der Waals surface area contributed by atoms with Gasteiger partial charge >= 0.3 is 0 Å². The summed E-state index contributed by atoms with van der Waals surface area (Å²) in [5.74, 6) is 2.07. The molecule has 0 aromatic carbocycles. The lowest BCUT2D eigenvalue weighted by Crippen LogP contribution is -2.40. The van der Waals surface area contributed by atoms with E-state index in [0.29, 0.717) is 22.5 Å². The van der Waals surface area contributed by atoms with Gasteiger partial charge in [0, 0.05) is 43.4 Å². The van der Waals surface area contributed by atoms with Gasteiger partial charge in [-0.15, -0.1) is 35.3 Å². The SMILES string of the molecule is CCN(CC)S(=O)(=O)c1ccc(CCNC(=NC)NCC2CCCS2)s1.I. The molecular formula is C17H31IN4O2S3. The topological polar surface area (TPSA) is 73.8 Å². The number of halogens is 1. The standard InChI is InChI=1S/C17H30N4O2S3.HI/c1-4-21(5-2)26(22,23)16-9-8-14(25-16)10-11-19-17(18-3)20-13-15-7-6-12-24-15;/h8-9,15H,4-7,10-13H2,1-3H3,(H2,18,19,20);1H. The molecule has 1 aliphatic rings. The maximum Gasteiger partial charge on any atom is 0.252 e. The highest BCUT2D eigenvalue weighted by Gasteiger charge is 2.23. The average molecular weight is 547 g/mol. The van der Waals surface area contributed by atoms with E-state index in [4.69, 9.17) is 0 Å². The van der Waals surface area contributed by atoms with E-state index >= 15 is 0 Å². The molecule has 2 rings (SSSR count). The lowest BCUT2D eigenvalue weighted by Gasteiger charge is -2.16. The molecule has 1 fully saturated rings. The average Bonchev–Trinajstić information content (AvgIpc) is 3.30. The number of nitrogens with one attached hydrogen (secondary N) is 2. The van der Waals surface area contributed by atoms with Crippen LogP contribution in [0.3, 0.4) is 0 Å². The Kier molecular flexibility index (Phi) is 11.6. The molecule has 27 heavy (non-hydrogen) atoms. The van der Waals surface area contributed by atoms with Gasteiger partial charge in [0.05, 0.1) is 0 Å². The third kappa shape index (κ3) is 7.37. The minimum absolute atomic E-state index is 0. The summed E-state index contributed by atoms with van der Waals surface area (Å²) in [5, 5.41) is 7.37. The summed E-state index contributed by atoms with van der Waals surface area (Å²) in [7, 11) is -1.58. The van der Waals surface area contributed by atoms with Crippen molar-refractivity contribution < 1.29 is 8.42 Å². The van der Waals surface area contributed by atoms with Gasteiger partial charge in [-0.3, -0.25) is 4.99 Å². The van der Waals surface area contributed by atoms with Gasteiger partial charge in [-0.05, 0) is 37.1 Å². The molecule has 2 heterocycles. The fourth-order valence-electron chi connectivity index (χ4n) is 2.86. The van der Waals surface area contributed by atoms with Crippen LogP contribution in [-0.2, 0) is 16.4 Å². The zero-order chi connectivity index (χ0) is 19.0. The largest absolute Gasteiger partial charge is 0.356 e. The van der Waals surface area contributed by atoms with E-state index in [2.05, 4.69) is 15.6 Å². The van der Waals surface area contributed by atoms with Crippen LogP contribution < -0.4 is 10.6 Å². The summed E-state index contributed by atoms with van der Waals surface area (Å²) in [5.41, 5.74) is 0. The minimum atomic E-state index is -3.35. The van der Waals surface area contributed by atoms with E-state index in [0.717, 1.165) is 30.3 Å². The van der Waals surface area contributed by atoms with Crippen molar-refractivity contribution in [1.29, 1.82) is 0 Å². The van der Waals surface area contributed by atoms with Crippen molar-refractivity contribution in [2.45, 2.75) is 42.6 Å². The number of rotatable bonds is 9. The number of thiophene rings is 1. The zero-order valence-corrected chi connectivity index (χ0v) is 21.0. The van der Waals surface area contributed by atoms with Crippen molar-refractivity contribution >= 4 is 63.1 Å². The van der Waals surface area contributed by atoms with Crippen molar-refractivity contribution in [1.82, 2.24) is 14.9 Å². The van der Waals surface area contributed by atoms with Crippen LogP contribution in [0.1, 0.15) is 31.6 Å². The van der Waals surface area contributed by atoms with Crippen LogP contribution in [0, 0.1) is 0 Å². The third-order valence-corrected chi connectivity index (χ3v) is 9.41. The van der Waals surface area contributed by atoms with E-state index in [1.54, 1.807) is 13.1 Å². The molecule has 1 unspecified atom stereocenters. The second kappa shape index (κ2) is 12.5. The molecule has 1 aromatic rings. The number of thioether (sulfide) groups is 1. The second-order valence-electron chi connectivity index (χ2n) is 6.07. The maximum absolute atomic E-state index is 12.5. The van der Waals surface area contributed by atoms with E-state index in [1.165, 1.54) is 34.2 Å². The Hall–Kier alpha value is -0.0400. The molecule has 1 aromatic heterocycles. The fourth-order valence-corrected chi connectivity index (χ4v) is 7.03. The smallest absolute Gasteiger partial charge is 0.252 e. The van der Waals surface area contributed by atoms with Crippen LogP contribution in [0.25, 0.3) is 0 Å². The number of nitrogens with zero attached hydrogens (tertiary/aromatic N) is 2. The van der Waals surface area contributed by atoms with E-state index < -0.39 is 10.0 Å². The first-order valence-corrected chi connectivity index (χ1v) is 12.5. The van der Waals surface area contributed by atoms with Crippen LogP contribution in [0.2, 0.25) is 0 Å². The van der Waals surface area contributed by atoms with E-state index in [9.17, 15) is 8.42 Å². The quantitative estimate of drug-likeness (QED) is 0.283. The Morgan fingerprint density at radius 1 is 1.30 bits per heavy atom. The molecule has 0 spiro atoms. The van der Waals surface area contributed by atoms with E-state index in [-0.39, 0.29) is 24.0 Å². The van der Waals surface area contributed by atoms with Crippen LogP contribution in [0.5, 0.6) is 0 Å². The van der Waals surface area contributed by atoms with Gasteiger partial charge in [-0.2, -0.15) is 16.1 Å². The predicted molar refractivity (Wildman–Crippen MR) is 128 cm³/mol. The summed E-state index contributed by atoms with van der Waals surface area (Å²) in [4.78, 5) is 5.32. The van der Waals surface area contributed by atoms with Crippen molar-refractivity contribution in [3.8, 4) is 0 Å². The highest BCUT2D eigenvalue weighted by Crippen LogP contribution is 2.26. The Morgan fingerprint density at radius 2 is 2.04 bits per heavy atom. The molecule has 1 saturated heterocycles. The molecule has 0 radical (unpaired) electrons. The molecule has 1 aliphatic heterocycles. The normalized spacial score (nSPS) is 17.8. The molecule has 10 heteroatoms. The van der Waals surface area contributed by atoms with Crippen LogP contribution in [0.15, 0.2) is 21.3 Å². The van der Waals surface area contributed by atoms with Crippen LogP contribution in [0.4, 0.5) is 0 Å². The fraction of sp³-hybridized carbons (Fsp3) is 0.706. The highest BCUT2D eigenvalue weighted by molar-refractivity contribution is 14.0. The molecule has 0 aliphatic carbocycles. The number of aliphatic imine (C=N–C) groups is 1. The lowest BCUT2D eigenvalue weighted by atomic mass is 10.2. The number of hydrogen-bond acceptors (Lipinski definition) is 5. The summed E-state index contributed by atoms with van der Waals surface area (Å²) in [6.07, 6.45) is 3.35. The molecule has 0 saturated carbocycles.